The zero-order valence-corrected chi connectivity index (χ0v) is 13.1. The van der Waals surface area contributed by atoms with E-state index in [1.807, 2.05) is 33.8 Å². The molecule has 0 saturated heterocycles. The van der Waals surface area contributed by atoms with Crippen LogP contribution in [0.25, 0.3) is 5.82 Å². The lowest BCUT2D eigenvalue weighted by Crippen LogP contribution is -2.19. The topological polar surface area (TPSA) is 69.6 Å². The molecule has 106 valence electrons. The highest BCUT2D eigenvalue weighted by atomic mass is 32.1. The third-order valence-electron chi connectivity index (χ3n) is 3.12. The number of hydrogen-bond acceptors (Lipinski definition) is 4. The quantitative estimate of drug-likeness (QED) is 0.872. The fourth-order valence-corrected chi connectivity index (χ4v) is 2.47. The number of pyridine rings is 1. The maximum Gasteiger partial charge on any atom is 0.166 e. The van der Waals surface area contributed by atoms with Crippen molar-refractivity contribution in [2.24, 2.45) is 5.73 Å². The summed E-state index contributed by atoms with van der Waals surface area (Å²) in [5, 5.41) is 4.52. The second-order valence-electron chi connectivity index (χ2n) is 4.71. The van der Waals surface area contributed by atoms with Crippen LogP contribution < -0.4 is 5.73 Å². The first kappa shape index (κ1) is 14.6. The highest BCUT2D eigenvalue weighted by Crippen LogP contribution is 2.19. The molecule has 0 amide bonds. The van der Waals surface area contributed by atoms with Gasteiger partial charge >= 0.3 is 0 Å². The van der Waals surface area contributed by atoms with Gasteiger partial charge in [-0.25, -0.2) is 9.97 Å². The summed E-state index contributed by atoms with van der Waals surface area (Å²) in [5.41, 5.74) is 8.55. The van der Waals surface area contributed by atoms with Crippen molar-refractivity contribution in [1.29, 1.82) is 0 Å². The first-order chi connectivity index (χ1) is 9.47. The monoisotopic (exact) mass is 289 g/mol. The maximum atomic E-state index is 5.86. The van der Waals surface area contributed by atoms with E-state index in [0.29, 0.717) is 10.8 Å². The lowest BCUT2D eigenvalue weighted by atomic mass is 10.1. The fourth-order valence-electron chi connectivity index (χ4n) is 2.21. The van der Waals surface area contributed by atoms with Crippen LogP contribution >= 0.6 is 12.2 Å². The van der Waals surface area contributed by atoms with E-state index in [2.05, 4.69) is 15.1 Å². The molecule has 2 heterocycles. The molecule has 0 atom stereocenters. The summed E-state index contributed by atoms with van der Waals surface area (Å²) in [7, 11) is 0. The molecule has 5 nitrogen and oxygen atoms in total. The molecule has 0 spiro atoms. The lowest BCUT2D eigenvalue weighted by Gasteiger charge is -2.12. The molecule has 2 N–H and O–H groups in total. The zero-order valence-electron chi connectivity index (χ0n) is 12.3. The van der Waals surface area contributed by atoms with Crippen molar-refractivity contribution in [1.82, 2.24) is 19.7 Å². The van der Waals surface area contributed by atoms with Gasteiger partial charge < -0.3 is 5.73 Å². The van der Waals surface area contributed by atoms with Crippen LogP contribution in [0.1, 0.15) is 42.3 Å². The van der Waals surface area contributed by atoms with Crippen molar-refractivity contribution >= 4 is 17.2 Å². The number of nitrogens with two attached hydrogens (primary N) is 1. The molecule has 0 aliphatic heterocycles. The summed E-state index contributed by atoms with van der Waals surface area (Å²) in [6.45, 7) is 8.00. The smallest absolute Gasteiger partial charge is 0.166 e. The Kier molecular flexibility index (Phi) is 4.13. The molecule has 0 fully saturated rings. The van der Waals surface area contributed by atoms with Gasteiger partial charge in [-0.1, -0.05) is 26.1 Å². The minimum atomic E-state index is 0.334. The molecule has 0 bridgehead atoms. The molecule has 2 aromatic heterocycles. The van der Waals surface area contributed by atoms with Crippen LogP contribution in [0, 0.1) is 13.8 Å². The molecule has 20 heavy (non-hydrogen) atoms. The number of aryl methyl sites for hydroxylation is 4. The third kappa shape index (κ3) is 2.56. The number of nitrogens with zero attached hydrogens (tertiary/aromatic N) is 4. The van der Waals surface area contributed by atoms with E-state index in [1.54, 1.807) is 4.68 Å². The molecular weight excluding hydrogens is 270 g/mol. The molecule has 6 heteroatoms. The second-order valence-corrected chi connectivity index (χ2v) is 5.15. The Labute approximate surface area is 124 Å². The average Bonchev–Trinajstić information content (AvgIpc) is 2.80. The van der Waals surface area contributed by atoms with Crippen molar-refractivity contribution in [2.45, 2.75) is 40.5 Å². The molecule has 0 aliphatic rings. The predicted octanol–water partition coefficient (Wildman–Crippen LogP) is 2.04. The van der Waals surface area contributed by atoms with Crippen LogP contribution in [0.2, 0.25) is 0 Å². The van der Waals surface area contributed by atoms with Gasteiger partial charge in [-0.2, -0.15) is 4.68 Å². The highest BCUT2D eigenvalue weighted by Gasteiger charge is 2.18. The Morgan fingerprint density at radius 1 is 1.25 bits per heavy atom. The van der Waals surface area contributed by atoms with E-state index < -0.39 is 0 Å². The van der Waals surface area contributed by atoms with Gasteiger partial charge in [-0.05, 0) is 25.5 Å². The Balaban J connectivity index is 2.74. The fraction of sp³-hybridized carbons (Fsp3) is 0.429. The molecule has 0 unspecified atom stereocenters. The third-order valence-corrected chi connectivity index (χ3v) is 3.33. The van der Waals surface area contributed by atoms with Gasteiger partial charge in [0.25, 0.3) is 0 Å². The summed E-state index contributed by atoms with van der Waals surface area (Å²) in [5.74, 6) is 2.35. The predicted molar refractivity (Wildman–Crippen MR) is 83.3 cm³/mol. The number of thiocarbonyl (C=S) groups is 1. The number of aromatic nitrogens is 4. The average molecular weight is 289 g/mol. The van der Waals surface area contributed by atoms with Gasteiger partial charge in [0.05, 0.1) is 5.56 Å². The lowest BCUT2D eigenvalue weighted by molar-refractivity contribution is 0.763. The number of hydrogen-bond donors (Lipinski definition) is 1. The Morgan fingerprint density at radius 3 is 2.50 bits per heavy atom. The SMILES string of the molecule is CCc1nc(CC)n(-c2nc(C)cc(C)c2C(N)=S)n1. The summed E-state index contributed by atoms with van der Waals surface area (Å²) in [4.78, 5) is 9.42. The summed E-state index contributed by atoms with van der Waals surface area (Å²) in [6, 6.07) is 1.97. The minimum Gasteiger partial charge on any atom is -0.389 e. The van der Waals surface area contributed by atoms with Gasteiger partial charge in [0, 0.05) is 18.5 Å². The minimum absolute atomic E-state index is 0.334. The summed E-state index contributed by atoms with van der Waals surface area (Å²) in [6.07, 6.45) is 1.56. The van der Waals surface area contributed by atoms with Crippen LogP contribution in [-0.4, -0.2) is 24.7 Å². The van der Waals surface area contributed by atoms with Gasteiger partial charge in [0.2, 0.25) is 0 Å². The molecule has 0 radical (unpaired) electrons. The van der Waals surface area contributed by atoms with Gasteiger partial charge in [-0.15, -0.1) is 5.10 Å². The molecular formula is C14H19N5S. The molecule has 2 rings (SSSR count). The maximum absolute atomic E-state index is 5.86. The molecule has 0 saturated carbocycles. The number of rotatable bonds is 4. The van der Waals surface area contributed by atoms with Crippen LogP contribution in [0.5, 0.6) is 0 Å². The standard InChI is InChI=1S/C14H19N5S/c1-5-10-17-11(6-2)19(18-10)14-12(13(15)20)8(3)7-9(4)16-14/h7H,5-6H2,1-4H3,(H2,15,20). The molecule has 2 aromatic rings. The Hall–Kier alpha value is -1.82. The van der Waals surface area contributed by atoms with E-state index in [9.17, 15) is 0 Å². The Bertz CT molecular complexity index is 660. The largest absolute Gasteiger partial charge is 0.389 e. The van der Waals surface area contributed by atoms with Crippen molar-refractivity contribution < 1.29 is 0 Å². The van der Waals surface area contributed by atoms with Gasteiger partial charge in [-0.3, -0.25) is 0 Å². The molecule has 0 aliphatic carbocycles. The van der Waals surface area contributed by atoms with Gasteiger partial charge in [0.15, 0.2) is 11.6 Å². The zero-order chi connectivity index (χ0) is 14.9. The second kappa shape index (κ2) is 5.66. The first-order valence-corrected chi connectivity index (χ1v) is 7.11. The van der Waals surface area contributed by atoms with E-state index in [-0.39, 0.29) is 0 Å². The van der Waals surface area contributed by atoms with Crippen LogP contribution in [0.15, 0.2) is 6.07 Å². The van der Waals surface area contributed by atoms with Crippen LogP contribution in [-0.2, 0) is 12.8 Å². The highest BCUT2D eigenvalue weighted by molar-refractivity contribution is 7.80. The van der Waals surface area contributed by atoms with E-state index in [1.165, 1.54) is 0 Å². The van der Waals surface area contributed by atoms with Crippen molar-refractivity contribution in [3.05, 3.63) is 34.5 Å². The van der Waals surface area contributed by atoms with Gasteiger partial charge in [0.1, 0.15) is 10.8 Å². The summed E-state index contributed by atoms with van der Waals surface area (Å²) >= 11 is 5.17. The Morgan fingerprint density at radius 2 is 1.95 bits per heavy atom. The van der Waals surface area contributed by atoms with Crippen molar-refractivity contribution in [2.75, 3.05) is 0 Å². The van der Waals surface area contributed by atoms with Crippen molar-refractivity contribution in [3.63, 3.8) is 0 Å². The first-order valence-electron chi connectivity index (χ1n) is 6.71. The van der Waals surface area contributed by atoms with Crippen LogP contribution in [0.4, 0.5) is 0 Å². The van der Waals surface area contributed by atoms with E-state index in [4.69, 9.17) is 18.0 Å². The normalized spacial score (nSPS) is 10.8. The van der Waals surface area contributed by atoms with E-state index in [0.717, 1.165) is 41.3 Å². The molecule has 0 aromatic carbocycles. The van der Waals surface area contributed by atoms with Crippen LogP contribution in [0.3, 0.4) is 0 Å². The van der Waals surface area contributed by atoms with E-state index >= 15 is 0 Å². The summed E-state index contributed by atoms with van der Waals surface area (Å²) < 4.78 is 1.77. The van der Waals surface area contributed by atoms with Crippen molar-refractivity contribution in [3.8, 4) is 5.82 Å².